The largest absolute Gasteiger partial charge is 0.461 e. The maximum atomic E-state index is 11.4. The highest BCUT2D eigenvalue weighted by atomic mass is 32.2. The van der Waals surface area contributed by atoms with Crippen LogP contribution in [0.25, 0.3) is 0 Å². The zero-order valence-electron chi connectivity index (χ0n) is 8.09. The summed E-state index contributed by atoms with van der Waals surface area (Å²) >= 11 is 15.6. The minimum absolute atomic E-state index is 0.474. The molecule has 0 aliphatic rings. The number of ether oxygens (including phenoxy) is 1. The second-order valence-electron chi connectivity index (χ2n) is 3.02. The lowest BCUT2D eigenvalue weighted by Gasteiger charge is -2.24. The van der Waals surface area contributed by atoms with Gasteiger partial charge in [-0.1, -0.05) is 0 Å². The molecule has 0 unspecified atom stereocenters. The molecule has 0 heterocycles. The van der Waals surface area contributed by atoms with Crippen LogP contribution in [0.15, 0.2) is 0 Å². The van der Waals surface area contributed by atoms with E-state index in [2.05, 4.69) is 55.3 Å². The third-order valence-electron chi connectivity index (χ3n) is 1.68. The Kier molecular flexibility index (Phi) is 7.58. The molecule has 2 atom stereocenters. The van der Waals surface area contributed by atoms with E-state index in [1.54, 1.807) is 0 Å². The highest BCUT2D eigenvalue weighted by Crippen LogP contribution is 2.31. The molecule has 0 aromatic carbocycles. The Balaban J connectivity index is 4.17. The van der Waals surface area contributed by atoms with Crippen molar-refractivity contribution in [1.29, 1.82) is 0 Å². The number of carbonyl (C=O) groups is 1. The zero-order chi connectivity index (χ0) is 12.9. The predicted molar refractivity (Wildman–Crippen MR) is 72.5 cm³/mol. The van der Waals surface area contributed by atoms with Gasteiger partial charge in [0.25, 0.3) is 0 Å². The Labute approximate surface area is 115 Å². The highest BCUT2D eigenvalue weighted by molar-refractivity contribution is 8.08. The molecule has 0 amide bonds. The van der Waals surface area contributed by atoms with Crippen LogP contribution in [-0.4, -0.2) is 55.4 Å². The number of carbonyl (C=O) groups excluding carboxylic acids is 1. The molecule has 0 radical (unpaired) electrons. The van der Waals surface area contributed by atoms with E-state index in [1.165, 1.54) is 0 Å². The summed E-state index contributed by atoms with van der Waals surface area (Å²) in [5.74, 6) is -0.849. The van der Waals surface area contributed by atoms with Gasteiger partial charge in [-0.15, -0.1) is 25.3 Å². The van der Waals surface area contributed by atoms with E-state index in [4.69, 9.17) is 10.2 Å². The summed E-state index contributed by atoms with van der Waals surface area (Å²) in [6.45, 7) is -1.11. The molecule has 0 aliphatic heterocycles. The average molecular weight is 306 g/mol. The molecule has 0 bridgehead atoms. The second kappa shape index (κ2) is 7.24. The molecular weight excluding hydrogens is 292 g/mol. The first-order valence-corrected chi connectivity index (χ1v) is 6.11. The monoisotopic (exact) mass is 306 g/mol. The normalized spacial score (nSPS) is 16.0. The number of rotatable bonds is 6. The maximum Gasteiger partial charge on any atom is 0.334 e. The molecule has 3 N–H and O–H groups in total. The predicted octanol–water partition coefficient (Wildman–Crippen LogP) is -1.01. The number of thiol groups is 4. The van der Waals surface area contributed by atoms with E-state index < -0.39 is 40.1 Å². The molecule has 0 aromatic heterocycles. The van der Waals surface area contributed by atoms with E-state index in [9.17, 15) is 9.90 Å². The molecule has 0 rings (SSSR count). The Morgan fingerprint density at radius 3 is 2.12 bits per heavy atom. The summed E-state index contributed by atoms with van der Waals surface area (Å²) in [4.78, 5) is 11.4. The quantitative estimate of drug-likeness (QED) is 0.194. The Bertz CT molecular complexity index is 235. The zero-order valence-corrected chi connectivity index (χ0v) is 11.7. The van der Waals surface area contributed by atoms with Crippen LogP contribution in [0, 0.1) is 0 Å². The number of aliphatic hydroxyl groups is 3. The molecule has 9 heteroatoms. The standard InChI is InChI=1S/C7H14O5S4/c8-1-3(9)4(10)2-12-5(11)7(15,16)6(13)14/h3-4,6,8-10,13-16H,1-2H2/t3-,4+/m1/s1. The fraction of sp³-hybridized carbons (Fsp3) is 0.857. The minimum atomic E-state index is -1.52. The van der Waals surface area contributed by atoms with Crippen LogP contribution >= 0.6 is 50.5 Å². The third kappa shape index (κ3) is 4.94. The summed E-state index contributed by atoms with van der Waals surface area (Å²) < 4.78 is 2.35. The Morgan fingerprint density at radius 1 is 1.25 bits per heavy atom. The molecule has 0 aromatic rings. The van der Waals surface area contributed by atoms with E-state index in [0.29, 0.717) is 0 Å². The minimum Gasteiger partial charge on any atom is -0.461 e. The first-order valence-electron chi connectivity index (χ1n) is 4.18. The number of hydrogen-bond acceptors (Lipinski definition) is 9. The van der Waals surface area contributed by atoms with Crippen LogP contribution < -0.4 is 0 Å². The summed E-state index contributed by atoms with van der Waals surface area (Å²) in [6, 6.07) is 0. The molecule has 96 valence electrons. The van der Waals surface area contributed by atoms with Crippen LogP contribution in [-0.2, 0) is 9.53 Å². The first-order chi connectivity index (χ1) is 7.23. The number of hydrogen-bond donors (Lipinski definition) is 7. The maximum absolute atomic E-state index is 11.4. The number of esters is 1. The van der Waals surface area contributed by atoms with Gasteiger partial charge < -0.3 is 20.1 Å². The van der Waals surface area contributed by atoms with E-state index in [0.717, 1.165) is 0 Å². The van der Waals surface area contributed by atoms with Crippen molar-refractivity contribution in [2.45, 2.75) is 20.9 Å². The molecule has 5 nitrogen and oxygen atoms in total. The van der Waals surface area contributed by atoms with Crippen molar-refractivity contribution in [3.05, 3.63) is 0 Å². The van der Waals surface area contributed by atoms with Gasteiger partial charge in [0.15, 0.2) is 4.08 Å². The van der Waals surface area contributed by atoms with Crippen LogP contribution in [0.1, 0.15) is 0 Å². The van der Waals surface area contributed by atoms with Gasteiger partial charge in [-0.3, -0.25) is 0 Å². The van der Waals surface area contributed by atoms with Gasteiger partial charge in [-0.05, 0) is 0 Å². The van der Waals surface area contributed by atoms with Crippen molar-refractivity contribution in [1.82, 2.24) is 0 Å². The van der Waals surface area contributed by atoms with Crippen LogP contribution in [0.2, 0.25) is 0 Å². The van der Waals surface area contributed by atoms with Crippen molar-refractivity contribution in [2.24, 2.45) is 0 Å². The molecule has 0 saturated carbocycles. The van der Waals surface area contributed by atoms with Gasteiger partial charge in [0.05, 0.1) is 11.2 Å². The van der Waals surface area contributed by atoms with Gasteiger partial charge in [0.2, 0.25) is 0 Å². The summed E-state index contributed by atoms with van der Waals surface area (Å²) in [7, 11) is 0. The molecule has 16 heavy (non-hydrogen) atoms. The van der Waals surface area contributed by atoms with Crippen molar-refractivity contribution < 1.29 is 24.9 Å². The Morgan fingerprint density at radius 2 is 1.75 bits per heavy atom. The smallest absolute Gasteiger partial charge is 0.334 e. The topological polar surface area (TPSA) is 87.0 Å². The van der Waals surface area contributed by atoms with E-state index in [-0.39, 0.29) is 0 Å². The molecular formula is C7H14O5S4. The lowest BCUT2D eigenvalue weighted by Crippen LogP contribution is -2.39. The van der Waals surface area contributed by atoms with Crippen LogP contribution in [0.3, 0.4) is 0 Å². The SMILES string of the molecule is O=C(OC[C@H](O)[C@H](O)CO)C(S)(S)C(S)S. The van der Waals surface area contributed by atoms with Crippen molar-refractivity contribution in [2.75, 3.05) is 13.2 Å². The summed E-state index contributed by atoms with van der Waals surface area (Å²) in [5.41, 5.74) is 0. The lowest BCUT2D eigenvalue weighted by molar-refractivity contribution is -0.149. The van der Waals surface area contributed by atoms with E-state index >= 15 is 0 Å². The fourth-order valence-corrected chi connectivity index (χ4v) is 0.945. The highest BCUT2D eigenvalue weighted by Gasteiger charge is 2.37. The lowest BCUT2D eigenvalue weighted by atomic mass is 10.2. The molecule has 0 aliphatic carbocycles. The second-order valence-corrected chi connectivity index (χ2v) is 6.22. The van der Waals surface area contributed by atoms with Crippen LogP contribution in [0.4, 0.5) is 0 Å². The Hall–Kier alpha value is 0.750. The fourth-order valence-electron chi connectivity index (χ4n) is 0.605. The third-order valence-corrected chi connectivity index (χ3v) is 4.15. The average Bonchev–Trinajstić information content (AvgIpc) is 2.23. The van der Waals surface area contributed by atoms with E-state index in [1.807, 2.05) is 0 Å². The number of aliphatic hydroxyl groups excluding tert-OH is 3. The van der Waals surface area contributed by atoms with Crippen LogP contribution in [0.5, 0.6) is 0 Å². The van der Waals surface area contributed by atoms with Crippen molar-refractivity contribution in [3.63, 3.8) is 0 Å². The molecule has 0 fully saturated rings. The van der Waals surface area contributed by atoms with Crippen molar-refractivity contribution >= 4 is 56.5 Å². The molecule has 0 saturated heterocycles. The summed E-state index contributed by atoms with van der Waals surface area (Å²) in [5, 5.41) is 26.7. The van der Waals surface area contributed by atoms with Gasteiger partial charge in [-0.25, -0.2) is 4.79 Å². The molecule has 0 spiro atoms. The van der Waals surface area contributed by atoms with Gasteiger partial charge in [0, 0.05) is 0 Å². The summed E-state index contributed by atoms with van der Waals surface area (Å²) in [6.07, 6.45) is -2.74. The van der Waals surface area contributed by atoms with Gasteiger partial charge in [-0.2, -0.15) is 25.3 Å². The first kappa shape index (κ1) is 16.8. The van der Waals surface area contributed by atoms with Crippen molar-refractivity contribution in [3.8, 4) is 0 Å². The van der Waals surface area contributed by atoms with Gasteiger partial charge >= 0.3 is 5.97 Å². The van der Waals surface area contributed by atoms with Gasteiger partial charge in [0.1, 0.15) is 18.8 Å².